The Labute approximate surface area is 147 Å². The van der Waals surface area contributed by atoms with Crippen LogP contribution in [0.15, 0.2) is 27.1 Å². The lowest BCUT2D eigenvalue weighted by atomic mass is 9.99. The van der Waals surface area contributed by atoms with Gasteiger partial charge in [0.15, 0.2) is 0 Å². The van der Waals surface area contributed by atoms with Crippen LogP contribution in [-0.2, 0) is 13.5 Å². The van der Waals surface area contributed by atoms with Gasteiger partial charge in [0.25, 0.3) is 0 Å². The highest BCUT2D eigenvalue weighted by molar-refractivity contribution is 9.11. The van der Waals surface area contributed by atoms with Crippen LogP contribution in [0.3, 0.4) is 0 Å². The molecule has 0 saturated heterocycles. The van der Waals surface area contributed by atoms with E-state index in [4.69, 9.17) is 11.6 Å². The summed E-state index contributed by atoms with van der Waals surface area (Å²) >= 11 is 13.5. The van der Waals surface area contributed by atoms with Gasteiger partial charge in [-0.05, 0) is 43.7 Å². The largest absolute Gasteiger partial charge is 0.310 e. The Balaban J connectivity index is 2.35. The van der Waals surface area contributed by atoms with Crippen LogP contribution in [0.25, 0.3) is 0 Å². The van der Waals surface area contributed by atoms with Gasteiger partial charge in [-0.2, -0.15) is 5.10 Å². The summed E-state index contributed by atoms with van der Waals surface area (Å²) in [7, 11) is 1.87. The third-order valence-electron chi connectivity index (χ3n) is 3.42. The average molecular weight is 436 g/mol. The van der Waals surface area contributed by atoms with Gasteiger partial charge in [0.1, 0.15) is 5.15 Å². The van der Waals surface area contributed by atoms with Crippen LogP contribution < -0.4 is 5.32 Å². The van der Waals surface area contributed by atoms with E-state index in [1.807, 2.05) is 20.0 Å². The second-order valence-corrected chi connectivity index (χ2v) is 7.18. The summed E-state index contributed by atoms with van der Waals surface area (Å²) in [5.41, 5.74) is 3.30. The Kier molecular flexibility index (Phi) is 5.88. The smallest absolute Gasteiger partial charge is 0.130 e. The molecule has 2 aromatic rings. The average Bonchev–Trinajstić information content (AvgIpc) is 2.63. The number of aryl methyl sites for hydroxylation is 2. The van der Waals surface area contributed by atoms with E-state index in [1.54, 1.807) is 4.68 Å². The number of hydrogen-bond donors (Lipinski definition) is 1. The molecule has 0 aliphatic rings. The van der Waals surface area contributed by atoms with Gasteiger partial charge in [-0.25, -0.2) is 0 Å². The predicted molar refractivity (Wildman–Crippen MR) is 94.9 cm³/mol. The van der Waals surface area contributed by atoms with Crippen molar-refractivity contribution in [2.24, 2.45) is 7.05 Å². The molecule has 1 heterocycles. The first kappa shape index (κ1) is 17.0. The van der Waals surface area contributed by atoms with E-state index in [-0.39, 0.29) is 6.04 Å². The van der Waals surface area contributed by atoms with Gasteiger partial charge in [0, 0.05) is 27.6 Å². The highest BCUT2D eigenvalue weighted by Crippen LogP contribution is 2.29. The molecule has 1 atom stereocenters. The molecule has 3 nitrogen and oxygen atoms in total. The molecule has 1 N–H and O–H groups in total. The summed E-state index contributed by atoms with van der Waals surface area (Å²) in [4.78, 5) is 0. The number of halogens is 3. The number of hydrogen-bond acceptors (Lipinski definition) is 2. The molecule has 21 heavy (non-hydrogen) atoms. The van der Waals surface area contributed by atoms with Gasteiger partial charge in [0.2, 0.25) is 0 Å². The summed E-state index contributed by atoms with van der Waals surface area (Å²) in [6, 6.07) is 6.51. The summed E-state index contributed by atoms with van der Waals surface area (Å²) < 4.78 is 3.85. The zero-order chi connectivity index (χ0) is 15.6. The van der Waals surface area contributed by atoms with Crippen molar-refractivity contribution in [2.45, 2.75) is 26.3 Å². The molecule has 0 bridgehead atoms. The topological polar surface area (TPSA) is 29.9 Å². The standard InChI is InChI=1S/C15H18Br2ClN3/c1-4-19-14(10-5-11(16)7-12(17)6-10)8-13-9(2)20-21(3)15(13)18/h5-7,14,19H,4,8H2,1-3H3. The Morgan fingerprint density at radius 3 is 2.38 bits per heavy atom. The zero-order valence-electron chi connectivity index (χ0n) is 12.3. The molecule has 114 valence electrons. The number of nitrogens with zero attached hydrogens (tertiary/aromatic N) is 2. The Bertz CT molecular complexity index is 620. The number of rotatable bonds is 5. The Morgan fingerprint density at radius 2 is 1.90 bits per heavy atom. The van der Waals surface area contributed by atoms with E-state index in [2.05, 4.69) is 61.3 Å². The van der Waals surface area contributed by atoms with Crippen LogP contribution in [0.4, 0.5) is 0 Å². The van der Waals surface area contributed by atoms with Gasteiger partial charge in [-0.3, -0.25) is 4.68 Å². The normalized spacial score (nSPS) is 12.7. The van der Waals surface area contributed by atoms with E-state index >= 15 is 0 Å². The zero-order valence-corrected chi connectivity index (χ0v) is 16.2. The minimum atomic E-state index is 0.198. The van der Waals surface area contributed by atoms with Crippen molar-refractivity contribution in [3.05, 3.63) is 49.1 Å². The van der Waals surface area contributed by atoms with Crippen LogP contribution in [-0.4, -0.2) is 16.3 Å². The van der Waals surface area contributed by atoms with E-state index in [0.29, 0.717) is 5.15 Å². The third-order valence-corrected chi connectivity index (χ3v) is 4.80. The molecular formula is C15H18Br2ClN3. The lowest BCUT2D eigenvalue weighted by Crippen LogP contribution is -2.23. The molecule has 0 aliphatic heterocycles. The molecule has 0 saturated carbocycles. The maximum atomic E-state index is 6.36. The first-order valence-corrected chi connectivity index (χ1v) is 8.76. The van der Waals surface area contributed by atoms with Crippen LogP contribution in [0, 0.1) is 6.92 Å². The van der Waals surface area contributed by atoms with E-state index in [9.17, 15) is 0 Å². The summed E-state index contributed by atoms with van der Waals surface area (Å²) in [5.74, 6) is 0. The van der Waals surface area contributed by atoms with Gasteiger partial charge in [0.05, 0.1) is 5.69 Å². The van der Waals surface area contributed by atoms with Gasteiger partial charge >= 0.3 is 0 Å². The first-order valence-electron chi connectivity index (χ1n) is 6.79. The van der Waals surface area contributed by atoms with Crippen molar-refractivity contribution < 1.29 is 0 Å². The Hall–Kier alpha value is -0.360. The van der Waals surface area contributed by atoms with Crippen molar-refractivity contribution in [1.29, 1.82) is 0 Å². The minimum Gasteiger partial charge on any atom is -0.310 e. The van der Waals surface area contributed by atoms with Crippen LogP contribution in [0.5, 0.6) is 0 Å². The predicted octanol–water partition coefficient (Wildman–Crippen LogP) is 4.80. The number of benzene rings is 1. The van der Waals surface area contributed by atoms with Crippen LogP contribution in [0.1, 0.15) is 29.8 Å². The van der Waals surface area contributed by atoms with Crippen molar-refractivity contribution in [3.8, 4) is 0 Å². The molecule has 0 fully saturated rings. The van der Waals surface area contributed by atoms with Gasteiger partial charge < -0.3 is 5.32 Å². The van der Waals surface area contributed by atoms with Crippen molar-refractivity contribution in [1.82, 2.24) is 15.1 Å². The quantitative estimate of drug-likeness (QED) is 0.731. The van der Waals surface area contributed by atoms with E-state index in [0.717, 1.165) is 33.2 Å². The van der Waals surface area contributed by atoms with E-state index in [1.165, 1.54) is 5.56 Å². The lowest BCUT2D eigenvalue weighted by molar-refractivity contribution is 0.548. The maximum absolute atomic E-state index is 6.36. The van der Waals surface area contributed by atoms with Crippen molar-refractivity contribution in [2.75, 3.05) is 6.54 Å². The van der Waals surface area contributed by atoms with E-state index < -0.39 is 0 Å². The molecule has 0 radical (unpaired) electrons. The van der Waals surface area contributed by atoms with Gasteiger partial charge in [-0.1, -0.05) is 50.4 Å². The summed E-state index contributed by atoms with van der Waals surface area (Å²) in [6.45, 7) is 5.00. The minimum absolute atomic E-state index is 0.198. The van der Waals surface area contributed by atoms with Crippen LogP contribution >= 0.6 is 43.5 Å². The molecule has 1 aromatic carbocycles. The number of aromatic nitrogens is 2. The summed E-state index contributed by atoms with van der Waals surface area (Å²) in [6.07, 6.45) is 0.815. The molecule has 6 heteroatoms. The molecule has 0 spiro atoms. The maximum Gasteiger partial charge on any atom is 0.130 e. The molecule has 0 amide bonds. The van der Waals surface area contributed by atoms with Gasteiger partial charge in [-0.15, -0.1) is 0 Å². The molecule has 1 unspecified atom stereocenters. The second kappa shape index (κ2) is 7.27. The van der Waals surface area contributed by atoms with Crippen molar-refractivity contribution >= 4 is 43.5 Å². The lowest BCUT2D eigenvalue weighted by Gasteiger charge is -2.19. The highest BCUT2D eigenvalue weighted by Gasteiger charge is 2.18. The summed E-state index contributed by atoms with van der Waals surface area (Å²) in [5, 5.41) is 8.63. The second-order valence-electron chi connectivity index (χ2n) is 5.00. The van der Waals surface area contributed by atoms with Crippen molar-refractivity contribution in [3.63, 3.8) is 0 Å². The number of nitrogens with one attached hydrogen (secondary N) is 1. The van der Waals surface area contributed by atoms with Crippen LogP contribution in [0.2, 0.25) is 5.15 Å². The SMILES string of the molecule is CCNC(Cc1c(C)nn(C)c1Cl)c1cc(Br)cc(Br)c1. The third kappa shape index (κ3) is 4.09. The molecule has 2 rings (SSSR count). The fourth-order valence-electron chi connectivity index (χ4n) is 2.44. The first-order chi connectivity index (χ1) is 9.92. The molecular weight excluding hydrogens is 417 g/mol. The highest BCUT2D eigenvalue weighted by atomic mass is 79.9. The fraction of sp³-hybridized carbons (Fsp3) is 0.400. The Morgan fingerprint density at radius 1 is 1.29 bits per heavy atom. The fourth-order valence-corrected chi connectivity index (χ4v) is 4.02. The monoisotopic (exact) mass is 433 g/mol. The number of likely N-dealkylation sites (N-methyl/N-ethyl adjacent to an activating group) is 1. The molecule has 0 aliphatic carbocycles. The molecule has 1 aromatic heterocycles.